The third-order valence-electron chi connectivity index (χ3n) is 5.36. The average molecular weight is 433 g/mol. The van der Waals surface area contributed by atoms with Crippen LogP contribution < -0.4 is 4.90 Å². The van der Waals surface area contributed by atoms with Crippen LogP contribution in [0.1, 0.15) is 37.3 Å². The van der Waals surface area contributed by atoms with Crippen molar-refractivity contribution in [2.75, 3.05) is 18.0 Å². The van der Waals surface area contributed by atoms with Gasteiger partial charge in [-0.05, 0) is 50.5 Å². The Balaban J connectivity index is 1.44. The maximum atomic E-state index is 5.96. The molecule has 2 aromatic carbocycles. The van der Waals surface area contributed by atoms with Crippen LogP contribution in [-0.2, 0) is 0 Å². The first-order valence-corrected chi connectivity index (χ1v) is 11.5. The molecule has 0 saturated carbocycles. The maximum absolute atomic E-state index is 5.96. The van der Waals surface area contributed by atoms with Crippen LogP contribution in [-0.4, -0.2) is 38.1 Å². The first-order valence-electron chi connectivity index (χ1n) is 10.6. The number of hydrogen-bond donors (Lipinski definition) is 0. The molecule has 2 aromatic heterocycles. The van der Waals surface area contributed by atoms with Crippen molar-refractivity contribution in [1.82, 2.24) is 25.0 Å². The molecule has 0 radical (unpaired) electrons. The lowest BCUT2D eigenvalue weighted by molar-refractivity contribution is 0.509. The minimum Gasteiger partial charge on any atom is -0.419 e. The van der Waals surface area contributed by atoms with E-state index in [-0.39, 0.29) is 5.25 Å². The minimum absolute atomic E-state index is 0.0640. The molecule has 3 heterocycles. The summed E-state index contributed by atoms with van der Waals surface area (Å²) in [6.45, 7) is 4.07. The number of anilines is 1. The van der Waals surface area contributed by atoms with Crippen LogP contribution in [0, 0.1) is 0 Å². The smallest absolute Gasteiger partial charge is 0.247 e. The lowest BCUT2D eigenvalue weighted by atomic mass is 10.1. The highest BCUT2D eigenvalue weighted by atomic mass is 32.2. The van der Waals surface area contributed by atoms with Gasteiger partial charge in [0, 0.05) is 18.7 Å². The molecule has 1 saturated heterocycles. The summed E-state index contributed by atoms with van der Waals surface area (Å²) in [5.41, 5.74) is 1.97. The lowest BCUT2D eigenvalue weighted by Gasteiger charge is -2.27. The zero-order chi connectivity index (χ0) is 21.0. The zero-order valence-corrected chi connectivity index (χ0v) is 18.2. The second-order valence-electron chi connectivity index (χ2n) is 7.57. The van der Waals surface area contributed by atoms with Gasteiger partial charge in [-0.1, -0.05) is 48.2 Å². The number of para-hydroxylation sites is 1. The van der Waals surface area contributed by atoms with E-state index in [0.717, 1.165) is 35.4 Å². The van der Waals surface area contributed by atoms with Crippen LogP contribution in [0.3, 0.4) is 0 Å². The van der Waals surface area contributed by atoms with Crippen molar-refractivity contribution in [2.24, 2.45) is 0 Å². The van der Waals surface area contributed by atoms with Crippen LogP contribution in [0.25, 0.3) is 17.1 Å². The molecule has 158 valence electrons. The van der Waals surface area contributed by atoms with E-state index < -0.39 is 0 Å². The normalized spacial score (nSPS) is 15.2. The zero-order valence-electron chi connectivity index (χ0n) is 17.4. The SMILES string of the molecule is C[C@@H](Sc1nnc(N2CCCCC2)n1-c1ccccc1)c1nnc(-c2ccccc2)o1. The Morgan fingerprint density at radius 2 is 1.55 bits per heavy atom. The molecule has 1 fully saturated rings. The molecule has 4 aromatic rings. The number of nitrogens with zero attached hydrogens (tertiary/aromatic N) is 6. The first kappa shape index (κ1) is 19.8. The fourth-order valence-electron chi connectivity index (χ4n) is 3.75. The molecule has 0 spiro atoms. The number of thioether (sulfide) groups is 1. The topological polar surface area (TPSA) is 72.9 Å². The van der Waals surface area contributed by atoms with Crippen molar-refractivity contribution in [3.8, 4) is 17.1 Å². The molecule has 1 aliphatic rings. The molecule has 0 unspecified atom stereocenters. The molecule has 1 atom stereocenters. The lowest BCUT2D eigenvalue weighted by Crippen LogP contribution is -2.31. The Hall–Kier alpha value is -3.13. The Labute approximate surface area is 185 Å². The minimum atomic E-state index is -0.0640. The summed E-state index contributed by atoms with van der Waals surface area (Å²) in [6, 6.07) is 20.1. The van der Waals surface area contributed by atoms with E-state index in [9.17, 15) is 0 Å². The van der Waals surface area contributed by atoms with Crippen LogP contribution in [0.15, 0.2) is 70.2 Å². The maximum Gasteiger partial charge on any atom is 0.247 e. The van der Waals surface area contributed by atoms with Crippen molar-refractivity contribution >= 4 is 17.7 Å². The third kappa shape index (κ3) is 4.20. The number of hydrogen-bond acceptors (Lipinski definition) is 7. The predicted molar refractivity (Wildman–Crippen MR) is 121 cm³/mol. The largest absolute Gasteiger partial charge is 0.419 e. The highest BCUT2D eigenvalue weighted by molar-refractivity contribution is 7.99. The molecule has 8 heteroatoms. The van der Waals surface area contributed by atoms with Gasteiger partial charge in [0.2, 0.25) is 17.7 Å². The van der Waals surface area contributed by atoms with Crippen molar-refractivity contribution in [3.63, 3.8) is 0 Å². The summed E-state index contributed by atoms with van der Waals surface area (Å²) < 4.78 is 8.10. The summed E-state index contributed by atoms with van der Waals surface area (Å²) >= 11 is 1.58. The molecular formula is C23H24N6OS. The van der Waals surface area contributed by atoms with Gasteiger partial charge in [-0.3, -0.25) is 4.57 Å². The number of benzene rings is 2. The van der Waals surface area contributed by atoms with Gasteiger partial charge in [0.15, 0.2) is 5.16 Å². The van der Waals surface area contributed by atoms with Gasteiger partial charge in [-0.2, -0.15) is 0 Å². The van der Waals surface area contributed by atoms with E-state index in [1.165, 1.54) is 19.3 Å². The first-order chi connectivity index (χ1) is 15.3. The van der Waals surface area contributed by atoms with E-state index in [1.807, 2.05) is 48.5 Å². The van der Waals surface area contributed by atoms with Gasteiger partial charge in [0.25, 0.3) is 0 Å². The molecule has 0 bridgehead atoms. The third-order valence-corrected chi connectivity index (χ3v) is 6.39. The van der Waals surface area contributed by atoms with Gasteiger partial charge < -0.3 is 9.32 Å². The van der Waals surface area contributed by atoms with E-state index in [0.29, 0.717) is 11.8 Å². The molecule has 0 N–H and O–H groups in total. The monoisotopic (exact) mass is 432 g/mol. The fourth-order valence-corrected chi connectivity index (χ4v) is 4.64. The molecule has 0 amide bonds. The number of rotatable bonds is 6. The Morgan fingerprint density at radius 1 is 0.839 bits per heavy atom. The fraction of sp³-hybridized carbons (Fsp3) is 0.304. The quantitative estimate of drug-likeness (QED) is 0.390. The van der Waals surface area contributed by atoms with Crippen LogP contribution in [0.5, 0.6) is 0 Å². The number of aromatic nitrogens is 5. The van der Waals surface area contributed by atoms with Crippen LogP contribution in [0.4, 0.5) is 5.95 Å². The highest BCUT2D eigenvalue weighted by Gasteiger charge is 2.25. The Bertz CT molecular complexity index is 1120. The average Bonchev–Trinajstić information content (AvgIpc) is 3.49. The summed E-state index contributed by atoms with van der Waals surface area (Å²) in [4.78, 5) is 2.33. The standard InChI is InChI=1S/C23H24N6OS/c1-17(20-24-25-21(30-20)18-11-5-2-6-12-18)31-23-27-26-22(28-15-9-4-10-16-28)29(23)19-13-7-3-8-14-19/h2-3,5-8,11-14,17H,4,9-10,15-16H2,1H3/t17-/m1/s1. The molecule has 0 aliphatic carbocycles. The summed E-state index contributed by atoms with van der Waals surface area (Å²) in [5, 5.41) is 18.4. The van der Waals surface area contributed by atoms with Gasteiger partial charge in [0.1, 0.15) is 0 Å². The second kappa shape index (κ2) is 8.93. The summed E-state index contributed by atoms with van der Waals surface area (Å²) in [7, 11) is 0. The van der Waals surface area contributed by atoms with Gasteiger partial charge in [-0.15, -0.1) is 20.4 Å². The Kier molecular flexibility index (Phi) is 5.71. The Morgan fingerprint density at radius 3 is 2.29 bits per heavy atom. The second-order valence-corrected chi connectivity index (χ2v) is 8.88. The van der Waals surface area contributed by atoms with Gasteiger partial charge in [-0.25, -0.2) is 0 Å². The van der Waals surface area contributed by atoms with E-state index in [4.69, 9.17) is 4.42 Å². The van der Waals surface area contributed by atoms with Crippen molar-refractivity contribution in [3.05, 3.63) is 66.6 Å². The van der Waals surface area contributed by atoms with Crippen molar-refractivity contribution < 1.29 is 4.42 Å². The summed E-state index contributed by atoms with van der Waals surface area (Å²) in [5.74, 6) is 2.00. The van der Waals surface area contributed by atoms with E-state index in [2.05, 4.69) is 48.9 Å². The molecule has 7 nitrogen and oxygen atoms in total. The van der Waals surface area contributed by atoms with Crippen molar-refractivity contribution in [1.29, 1.82) is 0 Å². The molecular weight excluding hydrogens is 408 g/mol. The van der Waals surface area contributed by atoms with Crippen LogP contribution >= 0.6 is 11.8 Å². The molecule has 5 rings (SSSR count). The predicted octanol–water partition coefficient (Wildman–Crippen LogP) is 5.16. The number of piperidine rings is 1. The highest BCUT2D eigenvalue weighted by Crippen LogP contribution is 2.37. The van der Waals surface area contributed by atoms with Gasteiger partial charge in [0.05, 0.1) is 10.9 Å². The molecule has 31 heavy (non-hydrogen) atoms. The van der Waals surface area contributed by atoms with Crippen molar-refractivity contribution in [2.45, 2.75) is 36.6 Å². The van der Waals surface area contributed by atoms with Crippen LogP contribution in [0.2, 0.25) is 0 Å². The van der Waals surface area contributed by atoms with E-state index in [1.54, 1.807) is 11.8 Å². The molecule has 1 aliphatic heterocycles. The van der Waals surface area contributed by atoms with E-state index >= 15 is 0 Å². The summed E-state index contributed by atoms with van der Waals surface area (Å²) in [6.07, 6.45) is 3.64. The van der Waals surface area contributed by atoms with Gasteiger partial charge >= 0.3 is 0 Å².